The SMILES string of the molecule is CC1OC[C@H]2O[C@H](OCc3ccccc3)[C@@H]3O[C@@H]3[C@@H]2O1. The van der Waals surface area contributed by atoms with E-state index in [-0.39, 0.29) is 37.0 Å². The molecule has 0 aliphatic carbocycles. The van der Waals surface area contributed by atoms with E-state index in [1.807, 2.05) is 37.3 Å². The third-order valence-corrected chi connectivity index (χ3v) is 3.93. The molecule has 5 nitrogen and oxygen atoms in total. The van der Waals surface area contributed by atoms with Gasteiger partial charge in [-0.3, -0.25) is 0 Å². The van der Waals surface area contributed by atoms with E-state index in [1.165, 1.54) is 0 Å². The van der Waals surface area contributed by atoms with E-state index in [0.29, 0.717) is 13.2 Å². The molecule has 3 heterocycles. The summed E-state index contributed by atoms with van der Waals surface area (Å²) in [6, 6.07) is 10.0. The molecule has 6 atom stereocenters. The molecule has 3 aliphatic rings. The van der Waals surface area contributed by atoms with Crippen molar-refractivity contribution < 1.29 is 23.7 Å². The van der Waals surface area contributed by atoms with Gasteiger partial charge in [-0.15, -0.1) is 0 Å². The van der Waals surface area contributed by atoms with Crippen LogP contribution >= 0.6 is 0 Å². The lowest BCUT2D eigenvalue weighted by atomic mass is 10.0. The van der Waals surface area contributed by atoms with Crippen molar-refractivity contribution in [2.45, 2.75) is 50.5 Å². The van der Waals surface area contributed by atoms with Crippen molar-refractivity contribution in [2.24, 2.45) is 0 Å². The fourth-order valence-electron chi connectivity index (χ4n) is 2.84. The largest absolute Gasteiger partial charge is 0.361 e. The summed E-state index contributed by atoms with van der Waals surface area (Å²) < 4.78 is 28.6. The highest BCUT2D eigenvalue weighted by Crippen LogP contribution is 2.41. The van der Waals surface area contributed by atoms with Crippen molar-refractivity contribution in [3.63, 3.8) is 0 Å². The van der Waals surface area contributed by atoms with Crippen LogP contribution in [0.25, 0.3) is 0 Å². The lowest BCUT2D eigenvalue weighted by Gasteiger charge is -2.38. The van der Waals surface area contributed by atoms with Crippen LogP contribution in [0.2, 0.25) is 0 Å². The molecule has 0 saturated carbocycles. The lowest BCUT2D eigenvalue weighted by Crippen LogP contribution is -2.53. The number of ether oxygens (including phenoxy) is 5. The number of hydrogen-bond acceptors (Lipinski definition) is 5. The first-order chi connectivity index (χ1) is 9.81. The predicted octanol–water partition coefficient (Wildman–Crippen LogP) is 1.46. The van der Waals surface area contributed by atoms with Crippen LogP contribution in [0.4, 0.5) is 0 Å². The molecular weight excluding hydrogens is 260 g/mol. The van der Waals surface area contributed by atoms with E-state index in [4.69, 9.17) is 23.7 Å². The number of hydrogen-bond donors (Lipinski definition) is 0. The van der Waals surface area contributed by atoms with Crippen molar-refractivity contribution >= 4 is 0 Å². The van der Waals surface area contributed by atoms with Gasteiger partial charge < -0.3 is 23.7 Å². The molecule has 20 heavy (non-hydrogen) atoms. The van der Waals surface area contributed by atoms with Gasteiger partial charge in [0.05, 0.1) is 13.2 Å². The van der Waals surface area contributed by atoms with Crippen molar-refractivity contribution in [1.82, 2.24) is 0 Å². The predicted molar refractivity (Wildman–Crippen MR) is 68.8 cm³/mol. The monoisotopic (exact) mass is 278 g/mol. The maximum atomic E-state index is 5.92. The summed E-state index contributed by atoms with van der Waals surface area (Å²) in [5.41, 5.74) is 1.13. The average Bonchev–Trinajstić information content (AvgIpc) is 3.27. The Bertz CT molecular complexity index is 465. The second kappa shape index (κ2) is 5.09. The maximum absolute atomic E-state index is 5.92. The zero-order chi connectivity index (χ0) is 13.5. The van der Waals surface area contributed by atoms with Crippen LogP contribution in [0, 0.1) is 0 Å². The minimum Gasteiger partial charge on any atom is -0.361 e. The van der Waals surface area contributed by atoms with Crippen LogP contribution in [0.5, 0.6) is 0 Å². The molecule has 3 saturated heterocycles. The highest BCUT2D eigenvalue weighted by Gasteiger charge is 2.60. The van der Waals surface area contributed by atoms with Crippen LogP contribution in [0.1, 0.15) is 12.5 Å². The summed E-state index contributed by atoms with van der Waals surface area (Å²) in [6.45, 7) is 2.95. The van der Waals surface area contributed by atoms with Gasteiger partial charge in [-0.1, -0.05) is 30.3 Å². The van der Waals surface area contributed by atoms with Gasteiger partial charge in [0, 0.05) is 0 Å². The van der Waals surface area contributed by atoms with Gasteiger partial charge >= 0.3 is 0 Å². The first kappa shape index (κ1) is 12.7. The van der Waals surface area contributed by atoms with Crippen molar-refractivity contribution in [3.8, 4) is 0 Å². The molecule has 1 aromatic rings. The summed E-state index contributed by atoms with van der Waals surface area (Å²) >= 11 is 0. The van der Waals surface area contributed by atoms with E-state index in [1.54, 1.807) is 0 Å². The smallest absolute Gasteiger partial charge is 0.187 e. The molecular formula is C15H18O5. The van der Waals surface area contributed by atoms with Gasteiger partial charge in [-0.05, 0) is 12.5 Å². The molecule has 0 bridgehead atoms. The Hall–Kier alpha value is -0.980. The molecule has 0 aromatic heterocycles. The lowest BCUT2D eigenvalue weighted by molar-refractivity contribution is -0.300. The fourth-order valence-corrected chi connectivity index (χ4v) is 2.84. The number of rotatable bonds is 3. The van der Waals surface area contributed by atoms with E-state index in [9.17, 15) is 0 Å². The highest BCUT2D eigenvalue weighted by molar-refractivity contribution is 5.13. The van der Waals surface area contributed by atoms with E-state index in [0.717, 1.165) is 5.56 Å². The van der Waals surface area contributed by atoms with Crippen molar-refractivity contribution in [1.29, 1.82) is 0 Å². The molecule has 0 N–H and O–H groups in total. The topological polar surface area (TPSA) is 49.5 Å². The summed E-state index contributed by atoms with van der Waals surface area (Å²) in [5, 5.41) is 0. The summed E-state index contributed by atoms with van der Waals surface area (Å²) in [5.74, 6) is 0. The second-order valence-electron chi connectivity index (χ2n) is 5.41. The van der Waals surface area contributed by atoms with E-state index < -0.39 is 0 Å². The van der Waals surface area contributed by atoms with Crippen LogP contribution in [-0.4, -0.2) is 43.6 Å². The zero-order valence-corrected chi connectivity index (χ0v) is 11.3. The van der Waals surface area contributed by atoms with Gasteiger partial charge in [-0.2, -0.15) is 0 Å². The minimum absolute atomic E-state index is 0.00902. The quantitative estimate of drug-likeness (QED) is 0.783. The number of benzene rings is 1. The normalized spacial score (nSPS) is 42.6. The fraction of sp³-hybridized carbons (Fsp3) is 0.600. The molecule has 0 radical (unpaired) electrons. The summed E-state index contributed by atoms with van der Waals surface area (Å²) in [6.07, 6.45) is -0.573. The van der Waals surface area contributed by atoms with Gasteiger partial charge in [0.25, 0.3) is 0 Å². The van der Waals surface area contributed by atoms with Gasteiger partial charge in [0.15, 0.2) is 12.6 Å². The average molecular weight is 278 g/mol. The van der Waals surface area contributed by atoms with E-state index in [2.05, 4.69) is 0 Å². The van der Waals surface area contributed by atoms with Crippen LogP contribution in [0.3, 0.4) is 0 Å². The van der Waals surface area contributed by atoms with Crippen molar-refractivity contribution in [2.75, 3.05) is 6.61 Å². The zero-order valence-electron chi connectivity index (χ0n) is 11.3. The number of epoxide rings is 1. The molecule has 5 heteroatoms. The first-order valence-electron chi connectivity index (χ1n) is 7.05. The first-order valence-corrected chi connectivity index (χ1v) is 7.05. The molecule has 4 rings (SSSR count). The Kier molecular flexibility index (Phi) is 3.24. The molecule has 0 spiro atoms. The molecule has 1 aromatic carbocycles. The van der Waals surface area contributed by atoms with Crippen LogP contribution in [0.15, 0.2) is 30.3 Å². The molecule has 3 fully saturated rings. The van der Waals surface area contributed by atoms with Crippen LogP contribution < -0.4 is 0 Å². The Morgan fingerprint density at radius 2 is 1.90 bits per heavy atom. The van der Waals surface area contributed by atoms with Crippen molar-refractivity contribution in [3.05, 3.63) is 35.9 Å². The standard InChI is InChI=1S/C15H18O5/c1-9-16-8-11-12(18-9)13-14(20-13)15(19-11)17-7-10-5-3-2-4-6-10/h2-6,9,11-15H,7-8H2,1H3/t9?,11-,12-,13-,14-,15+/m1/s1. The summed E-state index contributed by atoms with van der Waals surface area (Å²) in [7, 11) is 0. The maximum Gasteiger partial charge on any atom is 0.187 e. The van der Waals surface area contributed by atoms with E-state index >= 15 is 0 Å². The molecule has 0 amide bonds. The third kappa shape index (κ3) is 2.36. The minimum atomic E-state index is -0.331. The Morgan fingerprint density at radius 3 is 2.75 bits per heavy atom. The Balaban J connectivity index is 1.37. The second-order valence-corrected chi connectivity index (χ2v) is 5.41. The molecule has 108 valence electrons. The highest BCUT2D eigenvalue weighted by atomic mass is 16.8. The van der Waals surface area contributed by atoms with Gasteiger partial charge in [0.1, 0.15) is 24.4 Å². The molecule has 1 unspecified atom stereocenters. The van der Waals surface area contributed by atoms with Gasteiger partial charge in [0.2, 0.25) is 0 Å². The van der Waals surface area contributed by atoms with Gasteiger partial charge in [-0.25, -0.2) is 0 Å². The Morgan fingerprint density at radius 1 is 1.05 bits per heavy atom. The number of fused-ring (bicyclic) bond motifs is 3. The third-order valence-electron chi connectivity index (χ3n) is 3.93. The summed E-state index contributed by atoms with van der Waals surface area (Å²) in [4.78, 5) is 0. The Labute approximate surface area is 117 Å². The van der Waals surface area contributed by atoms with Crippen LogP contribution in [-0.2, 0) is 30.3 Å². The molecule has 3 aliphatic heterocycles.